The molecule has 130 valence electrons. The molecular formula is C17H11ClF3NO3. The highest BCUT2D eigenvalue weighted by molar-refractivity contribution is 6.31. The number of fused-ring (bicyclic) bond motifs is 1. The quantitative estimate of drug-likeness (QED) is 0.795. The van der Waals surface area contributed by atoms with Crippen LogP contribution >= 0.6 is 11.6 Å². The van der Waals surface area contributed by atoms with Gasteiger partial charge in [-0.1, -0.05) is 17.7 Å². The van der Waals surface area contributed by atoms with E-state index < -0.39 is 22.7 Å². The number of halogens is 4. The van der Waals surface area contributed by atoms with Crippen LogP contribution in [-0.2, 0) is 11.0 Å². The predicted molar refractivity (Wildman–Crippen MR) is 86.7 cm³/mol. The highest BCUT2D eigenvalue weighted by atomic mass is 35.5. The van der Waals surface area contributed by atoms with Crippen molar-refractivity contribution in [1.29, 1.82) is 0 Å². The molecule has 0 bridgehead atoms. The van der Waals surface area contributed by atoms with Gasteiger partial charge in [0, 0.05) is 17.8 Å². The summed E-state index contributed by atoms with van der Waals surface area (Å²) in [5.74, 6) is 0.589. The lowest BCUT2D eigenvalue weighted by atomic mass is 10.1. The first-order chi connectivity index (χ1) is 11.8. The molecule has 0 saturated heterocycles. The van der Waals surface area contributed by atoms with E-state index in [1.807, 2.05) is 0 Å². The fraction of sp³-hybridized carbons (Fsp3) is 0.118. The Morgan fingerprint density at radius 1 is 1.12 bits per heavy atom. The molecule has 1 amide bonds. The maximum absolute atomic E-state index is 12.8. The number of carbonyl (C=O) groups excluding carboxylic acids is 1. The van der Waals surface area contributed by atoms with Crippen molar-refractivity contribution in [3.63, 3.8) is 0 Å². The third-order valence-electron chi connectivity index (χ3n) is 3.36. The van der Waals surface area contributed by atoms with E-state index >= 15 is 0 Å². The summed E-state index contributed by atoms with van der Waals surface area (Å²) in [5, 5.41) is 2.19. The van der Waals surface area contributed by atoms with Gasteiger partial charge < -0.3 is 14.8 Å². The van der Waals surface area contributed by atoms with Gasteiger partial charge in [0.1, 0.15) is 0 Å². The molecule has 3 rings (SSSR count). The number of nitrogens with one attached hydrogen (secondary N) is 1. The fourth-order valence-electron chi connectivity index (χ4n) is 2.19. The van der Waals surface area contributed by atoms with Crippen LogP contribution < -0.4 is 14.8 Å². The number of anilines is 1. The molecular weight excluding hydrogens is 359 g/mol. The molecule has 2 aromatic carbocycles. The average molecular weight is 370 g/mol. The Morgan fingerprint density at radius 3 is 2.64 bits per heavy atom. The minimum absolute atomic E-state index is 0.116. The van der Waals surface area contributed by atoms with E-state index in [-0.39, 0.29) is 12.4 Å². The normalized spacial score (nSPS) is 13.3. The van der Waals surface area contributed by atoms with Crippen molar-refractivity contribution in [2.45, 2.75) is 6.18 Å². The Balaban J connectivity index is 1.71. The average Bonchev–Trinajstić information content (AvgIpc) is 3.00. The molecule has 0 aromatic heterocycles. The van der Waals surface area contributed by atoms with Crippen molar-refractivity contribution in [2.75, 3.05) is 12.1 Å². The minimum atomic E-state index is -4.56. The van der Waals surface area contributed by atoms with Gasteiger partial charge in [0.05, 0.1) is 10.6 Å². The molecule has 0 spiro atoms. The van der Waals surface area contributed by atoms with Crippen molar-refractivity contribution in [3.05, 3.63) is 58.6 Å². The van der Waals surface area contributed by atoms with Crippen LogP contribution in [-0.4, -0.2) is 12.7 Å². The molecule has 1 heterocycles. The SMILES string of the molecule is O=C(/C=C/c1ccc(Cl)c(C(F)(F)F)c1)Nc1ccc2c(c1)OCO2. The first kappa shape index (κ1) is 17.2. The largest absolute Gasteiger partial charge is 0.454 e. The number of carbonyl (C=O) groups is 1. The number of hydrogen-bond donors (Lipinski definition) is 1. The highest BCUT2D eigenvalue weighted by Gasteiger charge is 2.33. The second kappa shape index (κ2) is 6.68. The van der Waals surface area contributed by atoms with Crippen LogP contribution in [0.25, 0.3) is 6.08 Å². The lowest BCUT2D eigenvalue weighted by Gasteiger charge is -2.09. The van der Waals surface area contributed by atoms with Crippen LogP contribution in [0, 0.1) is 0 Å². The summed E-state index contributed by atoms with van der Waals surface area (Å²) in [4.78, 5) is 11.9. The molecule has 4 nitrogen and oxygen atoms in total. The maximum atomic E-state index is 12.8. The van der Waals surface area contributed by atoms with Gasteiger partial charge in [-0.15, -0.1) is 0 Å². The number of ether oxygens (including phenoxy) is 2. The van der Waals surface area contributed by atoms with Crippen LogP contribution in [0.4, 0.5) is 18.9 Å². The zero-order valence-electron chi connectivity index (χ0n) is 12.6. The molecule has 0 atom stereocenters. The van der Waals surface area contributed by atoms with E-state index in [4.69, 9.17) is 21.1 Å². The summed E-state index contributed by atoms with van der Waals surface area (Å²) < 4.78 is 48.8. The van der Waals surface area contributed by atoms with Crippen LogP contribution in [0.2, 0.25) is 5.02 Å². The van der Waals surface area contributed by atoms with E-state index in [1.165, 1.54) is 12.1 Å². The molecule has 0 aliphatic carbocycles. The van der Waals surface area contributed by atoms with E-state index in [0.717, 1.165) is 18.2 Å². The molecule has 8 heteroatoms. The van der Waals surface area contributed by atoms with Crippen LogP contribution in [0.3, 0.4) is 0 Å². The third-order valence-corrected chi connectivity index (χ3v) is 3.69. The molecule has 0 radical (unpaired) electrons. The zero-order valence-corrected chi connectivity index (χ0v) is 13.3. The van der Waals surface area contributed by atoms with Crippen molar-refractivity contribution in [1.82, 2.24) is 0 Å². The van der Waals surface area contributed by atoms with Gasteiger partial charge in [-0.2, -0.15) is 13.2 Å². The van der Waals surface area contributed by atoms with Crippen molar-refractivity contribution < 1.29 is 27.4 Å². The molecule has 0 unspecified atom stereocenters. The van der Waals surface area contributed by atoms with Gasteiger partial charge in [0.25, 0.3) is 0 Å². The monoisotopic (exact) mass is 369 g/mol. The van der Waals surface area contributed by atoms with Crippen LogP contribution in [0.1, 0.15) is 11.1 Å². The number of benzene rings is 2. The Bertz CT molecular complexity index is 850. The van der Waals surface area contributed by atoms with Crippen LogP contribution in [0.5, 0.6) is 11.5 Å². The Morgan fingerprint density at radius 2 is 1.88 bits per heavy atom. The summed E-state index contributed by atoms with van der Waals surface area (Å²) in [6.45, 7) is 0.116. The van der Waals surface area contributed by atoms with Gasteiger partial charge in [-0.05, 0) is 35.9 Å². The van der Waals surface area contributed by atoms with E-state index in [1.54, 1.807) is 18.2 Å². The van der Waals surface area contributed by atoms with Gasteiger partial charge in [-0.25, -0.2) is 0 Å². The fourth-order valence-corrected chi connectivity index (χ4v) is 2.42. The summed E-state index contributed by atoms with van der Waals surface area (Å²) >= 11 is 5.55. The first-order valence-corrected chi connectivity index (χ1v) is 7.46. The van der Waals surface area contributed by atoms with Crippen molar-refractivity contribution in [3.8, 4) is 11.5 Å². The molecule has 0 saturated carbocycles. The lowest BCUT2D eigenvalue weighted by Crippen LogP contribution is -2.08. The second-order valence-electron chi connectivity index (χ2n) is 5.13. The van der Waals surface area contributed by atoms with Gasteiger partial charge >= 0.3 is 6.18 Å². The second-order valence-corrected chi connectivity index (χ2v) is 5.53. The Hall–Kier alpha value is -2.67. The highest BCUT2D eigenvalue weighted by Crippen LogP contribution is 2.36. The topological polar surface area (TPSA) is 47.6 Å². The predicted octanol–water partition coefficient (Wildman–Crippen LogP) is 4.74. The molecule has 1 N–H and O–H groups in total. The number of rotatable bonds is 3. The van der Waals surface area contributed by atoms with Gasteiger partial charge in [0.15, 0.2) is 11.5 Å². The summed E-state index contributed by atoms with van der Waals surface area (Å²) in [5.41, 5.74) is -0.268. The number of alkyl halides is 3. The van der Waals surface area contributed by atoms with E-state index in [0.29, 0.717) is 17.2 Å². The summed E-state index contributed by atoms with van der Waals surface area (Å²) in [6.07, 6.45) is -2.16. The molecule has 0 fully saturated rings. The maximum Gasteiger partial charge on any atom is 0.417 e. The number of amides is 1. The summed E-state index contributed by atoms with van der Waals surface area (Å²) in [6, 6.07) is 8.28. The van der Waals surface area contributed by atoms with Crippen molar-refractivity contribution >= 4 is 29.3 Å². The standard InChI is InChI=1S/C17H11ClF3NO3/c18-13-4-1-10(7-12(13)17(19,20)21)2-6-16(23)22-11-3-5-14-15(8-11)25-9-24-14/h1-8H,9H2,(H,22,23)/b6-2+. The number of hydrogen-bond acceptors (Lipinski definition) is 3. The van der Waals surface area contributed by atoms with Crippen LogP contribution in [0.15, 0.2) is 42.5 Å². The van der Waals surface area contributed by atoms with E-state index in [2.05, 4.69) is 5.32 Å². The first-order valence-electron chi connectivity index (χ1n) is 7.08. The van der Waals surface area contributed by atoms with Gasteiger partial charge in [0.2, 0.25) is 12.7 Å². The van der Waals surface area contributed by atoms with Gasteiger partial charge in [-0.3, -0.25) is 4.79 Å². The molecule has 1 aliphatic heterocycles. The molecule has 25 heavy (non-hydrogen) atoms. The molecule has 2 aromatic rings. The smallest absolute Gasteiger partial charge is 0.417 e. The Kier molecular flexibility index (Phi) is 4.59. The zero-order chi connectivity index (χ0) is 18.0. The molecule has 1 aliphatic rings. The summed E-state index contributed by atoms with van der Waals surface area (Å²) in [7, 11) is 0. The lowest BCUT2D eigenvalue weighted by molar-refractivity contribution is -0.137. The van der Waals surface area contributed by atoms with E-state index in [9.17, 15) is 18.0 Å². The minimum Gasteiger partial charge on any atom is -0.454 e. The van der Waals surface area contributed by atoms with Crippen molar-refractivity contribution in [2.24, 2.45) is 0 Å². The third kappa shape index (κ3) is 4.06. The Labute approximate surface area is 145 Å².